The first-order valence-corrected chi connectivity index (χ1v) is 12.2. The Bertz CT molecular complexity index is 572. The summed E-state index contributed by atoms with van der Waals surface area (Å²) in [6.45, 7) is 23.0. The van der Waals surface area contributed by atoms with E-state index < -0.39 is 0 Å². The molecule has 1 nitrogen and oxygen atoms in total. The molecule has 0 unspecified atom stereocenters. The van der Waals surface area contributed by atoms with Crippen molar-refractivity contribution in [1.82, 2.24) is 4.90 Å². The molecule has 176 valence electrons. The smallest absolute Gasteiger partial charge is 0.0172 e. The zero-order chi connectivity index (χ0) is 23.6. The second-order valence-electron chi connectivity index (χ2n) is 9.83. The van der Waals surface area contributed by atoms with Crippen LogP contribution in [0.5, 0.6) is 0 Å². The van der Waals surface area contributed by atoms with Gasteiger partial charge >= 0.3 is 0 Å². The molecule has 0 aliphatic rings. The maximum absolute atomic E-state index is 2.55. The fraction of sp³-hybridized carbons (Fsp3) is 0.600. The minimum Gasteiger partial charge on any atom is -0.292 e. The Morgan fingerprint density at radius 1 is 0.419 bits per heavy atom. The Morgan fingerprint density at radius 2 is 0.677 bits per heavy atom. The standard InChI is InChI=1S/C30H51N/c1-25(2)13-10-16-28(7)19-22-31(23-20-29(8)17-11-14-26(3)4)24-21-30(9)18-12-15-27(5)6/h13-15,19-21H,10-12,16-18,22-24H2,1-9H3. The van der Waals surface area contributed by atoms with Gasteiger partial charge in [-0.3, -0.25) is 4.90 Å². The molecular weight excluding hydrogens is 374 g/mol. The Balaban J connectivity index is 4.96. The fourth-order valence-corrected chi connectivity index (χ4v) is 3.15. The quantitative estimate of drug-likeness (QED) is 0.236. The van der Waals surface area contributed by atoms with Crippen LogP contribution in [0.4, 0.5) is 0 Å². The molecule has 0 aromatic heterocycles. The number of rotatable bonds is 15. The van der Waals surface area contributed by atoms with Gasteiger partial charge in [0.15, 0.2) is 0 Å². The molecule has 0 aliphatic heterocycles. The monoisotopic (exact) mass is 425 g/mol. The van der Waals surface area contributed by atoms with Crippen molar-refractivity contribution in [2.24, 2.45) is 0 Å². The van der Waals surface area contributed by atoms with Crippen LogP contribution in [0.2, 0.25) is 0 Å². The van der Waals surface area contributed by atoms with Crippen LogP contribution in [0.15, 0.2) is 69.9 Å². The second kappa shape index (κ2) is 18.0. The molecule has 31 heavy (non-hydrogen) atoms. The van der Waals surface area contributed by atoms with Gasteiger partial charge < -0.3 is 0 Å². The lowest BCUT2D eigenvalue weighted by molar-refractivity contribution is 0.369. The molecule has 0 heterocycles. The van der Waals surface area contributed by atoms with Crippen LogP contribution in [-0.2, 0) is 0 Å². The van der Waals surface area contributed by atoms with Crippen molar-refractivity contribution in [3.63, 3.8) is 0 Å². The van der Waals surface area contributed by atoms with E-state index in [0.29, 0.717) is 0 Å². The summed E-state index contributed by atoms with van der Waals surface area (Å²) in [4.78, 5) is 2.55. The second-order valence-corrected chi connectivity index (χ2v) is 9.83. The molecule has 0 aromatic rings. The molecule has 1 heteroatoms. The van der Waals surface area contributed by atoms with Gasteiger partial charge in [-0.15, -0.1) is 0 Å². The van der Waals surface area contributed by atoms with Crippen LogP contribution >= 0.6 is 0 Å². The lowest BCUT2D eigenvalue weighted by atomic mass is 10.1. The van der Waals surface area contributed by atoms with Crippen LogP contribution < -0.4 is 0 Å². The molecule has 0 saturated carbocycles. The van der Waals surface area contributed by atoms with Gasteiger partial charge in [-0.05, 0) is 101 Å². The van der Waals surface area contributed by atoms with Crippen molar-refractivity contribution < 1.29 is 0 Å². The molecule has 0 radical (unpaired) electrons. The highest BCUT2D eigenvalue weighted by molar-refractivity contribution is 5.08. The van der Waals surface area contributed by atoms with Crippen molar-refractivity contribution in [2.45, 2.75) is 101 Å². The van der Waals surface area contributed by atoms with E-state index in [4.69, 9.17) is 0 Å². The van der Waals surface area contributed by atoms with Gasteiger partial charge in [-0.2, -0.15) is 0 Å². The summed E-state index contributed by atoms with van der Waals surface area (Å²) < 4.78 is 0. The van der Waals surface area contributed by atoms with Gasteiger partial charge in [-0.25, -0.2) is 0 Å². The first-order chi connectivity index (χ1) is 14.6. The Kier molecular flexibility index (Phi) is 17.1. The predicted octanol–water partition coefficient (Wildman–Crippen LogP) is 9.37. The topological polar surface area (TPSA) is 3.24 Å². The van der Waals surface area contributed by atoms with Gasteiger partial charge in [0.1, 0.15) is 0 Å². The average molecular weight is 426 g/mol. The first kappa shape index (κ1) is 29.4. The van der Waals surface area contributed by atoms with Gasteiger partial charge in [-0.1, -0.05) is 69.9 Å². The molecule has 0 amide bonds. The SMILES string of the molecule is CC(C)=CCCC(C)=CCN(CC=C(C)CCC=C(C)C)CC=C(C)CCC=C(C)C. The normalized spacial score (nSPS) is 12.8. The van der Waals surface area contributed by atoms with E-state index in [9.17, 15) is 0 Å². The predicted molar refractivity (Wildman–Crippen MR) is 144 cm³/mol. The molecule has 0 rings (SSSR count). The maximum Gasteiger partial charge on any atom is 0.0172 e. The largest absolute Gasteiger partial charge is 0.292 e. The summed E-state index contributed by atoms with van der Waals surface area (Å²) in [6.07, 6.45) is 21.2. The minimum absolute atomic E-state index is 1.02. The summed E-state index contributed by atoms with van der Waals surface area (Å²) in [5.41, 5.74) is 8.73. The van der Waals surface area contributed by atoms with Gasteiger partial charge in [0.25, 0.3) is 0 Å². The van der Waals surface area contributed by atoms with E-state index >= 15 is 0 Å². The summed E-state index contributed by atoms with van der Waals surface area (Å²) in [5, 5.41) is 0. The zero-order valence-electron chi connectivity index (χ0n) is 22.3. The number of allylic oxidation sites excluding steroid dienone is 9. The highest BCUT2D eigenvalue weighted by atomic mass is 15.1. The average Bonchev–Trinajstić information content (AvgIpc) is 2.66. The molecular formula is C30H51N. The van der Waals surface area contributed by atoms with E-state index in [2.05, 4.69) is 104 Å². The van der Waals surface area contributed by atoms with Crippen molar-refractivity contribution in [1.29, 1.82) is 0 Å². The summed E-state index contributed by atoms with van der Waals surface area (Å²) in [7, 11) is 0. The third kappa shape index (κ3) is 20.1. The van der Waals surface area contributed by atoms with E-state index in [0.717, 1.165) is 58.2 Å². The van der Waals surface area contributed by atoms with Crippen molar-refractivity contribution in [3.8, 4) is 0 Å². The molecule has 0 bridgehead atoms. The third-order valence-electron chi connectivity index (χ3n) is 5.37. The molecule has 0 N–H and O–H groups in total. The summed E-state index contributed by atoms with van der Waals surface area (Å²) in [5.74, 6) is 0. The Morgan fingerprint density at radius 3 is 0.903 bits per heavy atom. The molecule has 0 fully saturated rings. The number of nitrogens with zero attached hydrogens (tertiary/aromatic N) is 1. The van der Waals surface area contributed by atoms with Crippen LogP contribution in [0.1, 0.15) is 101 Å². The summed E-state index contributed by atoms with van der Waals surface area (Å²) >= 11 is 0. The van der Waals surface area contributed by atoms with E-state index in [1.54, 1.807) is 0 Å². The number of hydrogen-bond acceptors (Lipinski definition) is 1. The fourth-order valence-electron chi connectivity index (χ4n) is 3.15. The Labute approximate surface area is 195 Å². The maximum atomic E-state index is 2.55. The molecule has 0 spiro atoms. The van der Waals surface area contributed by atoms with E-state index in [1.807, 2.05) is 0 Å². The van der Waals surface area contributed by atoms with Crippen molar-refractivity contribution in [3.05, 3.63) is 69.9 Å². The molecule has 0 aliphatic carbocycles. The van der Waals surface area contributed by atoms with Crippen molar-refractivity contribution >= 4 is 0 Å². The molecule has 0 atom stereocenters. The van der Waals surface area contributed by atoms with Crippen molar-refractivity contribution in [2.75, 3.05) is 19.6 Å². The van der Waals surface area contributed by atoms with Crippen LogP contribution in [0.3, 0.4) is 0 Å². The van der Waals surface area contributed by atoms with Gasteiger partial charge in [0.05, 0.1) is 0 Å². The van der Waals surface area contributed by atoms with E-state index in [1.165, 1.54) is 33.4 Å². The van der Waals surface area contributed by atoms with E-state index in [-0.39, 0.29) is 0 Å². The van der Waals surface area contributed by atoms with Crippen LogP contribution in [-0.4, -0.2) is 24.5 Å². The number of hydrogen-bond donors (Lipinski definition) is 0. The first-order valence-electron chi connectivity index (χ1n) is 12.2. The van der Waals surface area contributed by atoms with Gasteiger partial charge in [0, 0.05) is 19.6 Å². The van der Waals surface area contributed by atoms with Crippen LogP contribution in [0.25, 0.3) is 0 Å². The van der Waals surface area contributed by atoms with Gasteiger partial charge in [0.2, 0.25) is 0 Å². The van der Waals surface area contributed by atoms with Crippen LogP contribution in [0, 0.1) is 0 Å². The molecule has 0 saturated heterocycles. The molecule has 0 aromatic carbocycles. The zero-order valence-corrected chi connectivity index (χ0v) is 22.3. The summed E-state index contributed by atoms with van der Waals surface area (Å²) in [6, 6.07) is 0. The minimum atomic E-state index is 1.02. The lowest BCUT2D eigenvalue weighted by Gasteiger charge is -2.19. The third-order valence-corrected chi connectivity index (χ3v) is 5.37. The highest BCUT2D eigenvalue weighted by Gasteiger charge is 2.02. The highest BCUT2D eigenvalue weighted by Crippen LogP contribution is 2.11. The lowest BCUT2D eigenvalue weighted by Crippen LogP contribution is -2.25. The Hall–Kier alpha value is -1.60.